The fraction of sp³-hybridized carbons (Fsp3) is 0.647. The number of hydrogen-bond acceptors (Lipinski definition) is 3. The van der Waals surface area contributed by atoms with Crippen molar-refractivity contribution in [2.45, 2.75) is 58.8 Å². The van der Waals surface area contributed by atoms with Crippen LogP contribution in [0.3, 0.4) is 0 Å². The van der Waals surface area contributed by atoms with Gasteiger partial charge in [-0.25, -0.2) is 0 Å². The van der Waals surface area contributed by atoms with Crippen molar-refractivity contribution in [2.24, 2.45) is 0 Å². The van der Waals surface area contributed by atoms with Crippen molar-refractivity contribution in [2.75, 3.05) is 13.0 Å². The van der Waals surface area contributed by atoms with Gasteiger partial charge >= 0.3 is 20.4 Å². The number of ether oxygens (including phenoxy) is 1. The Morgan fingerprint density at radius 3 is 1.89 bits per heavy atom. The number of halogens is 2. The second-order valence-corrected chi connectivity index (χ2v) is 10.9. The van der Waals surface area contributed by atoms with Gasteiger partial charge < -0.3 is 19.4 Å². The maximum atomic E-state index is 13.3. The molecule has 3 N–H and O–H groups in total. The summed E-state index contributed by atoms with van der Waals surface area (Å²) in [5.74, 6) is 0. The van der Waals surface area contributed by atoms with Crippen LogP contribution in [0.25, 0.3) is 0 Å². The zero-order valence-electron chi connectivity index (χ0n) is 16.2. The summed E-state index contributed by atoms with van der Waals surface area (Å²) in [6.45, 7) is 7.78. The summed E-state index contributed by atoms with van der Waals surface area (Å²) >= 11 is 0. The molecule has 0 amide bonds. The summed E-state index contributed by atoms with van der Waals surface area (Å²) in [5, 5.41) is -5.02. The van der Waals surface area contributed by atoms with Crippen molar-refractivity contribution >= 4 is 15.0 Å². The number of alkyl halides is 2. The minimum atomic E-state index is -6.05. The van der Waals surface area contributed by atoms with Gasteiger partial charge in [0.15, 0.2) is 0 Å². The molecule has 158 valence electrons. The summed E-state index contributed by atoms with van der Waals surface area (Å²) in [5.41, 5.74) is 3.47. The van der Waals surface area contributed by atoms with Crippen LogP contribution >= 0.6 is 15.0 Å². The fourth-order valence-electron chi connectivity index (χ4n) is 2.00. The number of hydrogen-bond donors (Lipinski definition) is 3. The first-order valence-electron chi connectivity index (χ1n) is 8.48. The first-order chi connectivity index (χ1) is 12.2. The van der Waals surface area contributed by atoms with Crippen molar-refractivity contribution in [1.82, 2.24) is 0 Å². The van der Waals surface area contributed by atoms with Gasteiger partial charge in [-0.3, -0.25) is 9.13 Å². The predicted molar refractivity (Wildman–Crippen MR) is 103 cm³/mol. The van der Waals surface area contributed by atoms with Crippen molar-refractivity contribution < 1.29 is 37.3 Å². The van der Waals surface area contributed by atoms with E-state index in [9.17, 15) is 22.8 Å². The molecule has 0 aliphatic rings. The average molecular weight is 430 g/mol. The van der Waals surface area contributed by atoms with Crippen molar-refractivity contribution in [1.29, 1.82) is 0 Å². The Hall–Kier alpha value is -0.620. The van der Waals surface area contributed by atoms with Crippen LogP contribution in [-0.2, 0) is 13.9 Å². The molecule has 0 fully saturated rings. The Labute approximate surface area is 159 Å². The molecular weight excluding hydrogens is 400 g/mol. The molecule has 6 nitrogen and oxygen atoms in total. The third-order valence-corrected chi connectivity index (χ3v) is 7.50. The van der Waals surface area contributed by atoms with E-state index in [2.05, 4.69) is 32.9 Å². The largest absolute Gasteiger partial charge is 0.419 e. The van der Waals surface area contributed by atoms with E-state index in [0.717, 1.165) is 31.3 Å². The third kappa shape index (κ3) is 9.93. The van der Waals surface area contributed by atoms with Gasteiger partial charge in [0.2, 0.25) is 0 Å². The van der Waals surface area contributed by atoms with Crippen molar-refractivity contribution in [3.8, 4) is 0 Å². The van der Waals surface area contributed by atoms with Crippen LogP contribution in [0, 0.1) is 0 Å². The predicted octanol–water partition coefficient (Wildman–Crippen LogP) is 5.38. The van der Waals surface area contributed by atoms with E-state index in [-0.39, 0.29) is 6.61 Å². The molecule has 0 spiro atoms. The molecule has 0 aliphatic heterocycles. The van der Waals surface area contributed by atoms with Crippen LogP contribution in [0.1, 0.15) is 53.4 Å². The maximum Gasteiger partial charge on any atom is 0.419 e. The second-order valence-electron chi connectivity index (χ2n) is 6.71. The first-order valence-corrected chi connectivity index (χ1v) is 11.9. The Balaban J connectivity index is 4.36. The summed E-state index contributed by atoms with van der Waals surface area (Å²) in [6, 6.07) is 0. The van der Waals surface area contributed by atoms with Gasteiger partial charge in [0.05, 0.1) is 6.61 Å². The molecule has 0 rings (SSSR count). The Kier molecular flexibility index (Phi) is 11.1. The molecule has 0 aliphatic carbocycles. The van der Waals surface area contributed by atoms with E-state index in [0.29, 0.717) is 0 Å². The van der Waals surface area contributed by atoms with E-state index < -0.39 is 26.7 Å². The smallest absolute Gasteiger partial charge is 0.367 e. The summed E-state index contributed by atoms with van der Waals surface area (Å²) < 4.78 is 53.4. The SMILES string of the molecule is CC(C)=CCCC(C)=CCCC(C)=CCOCP(=O)(O)C(F)(F)P(=O)(O)O. The monoisotopic (exact) mass is 430 g/mol. The van der Waals surface area contributed by atoms with Gasteiger partial charge in [0.1, 0.15) is 6.35 Å². The Morgan fingerprint density at radius 1 is 0.926 bits per heavy atom. The molecule has 0 aromatic rings. The maximum absolute atomic E-state index is 13.3. The zero-order chi connectivity index (χ0) is 21.3. The quantitative estimate of drug-likeness (QED) is 0.218. The van der Waals surface area contributed by atoms with Gasteiger partial charge in [-0.2, -0.15) is 8.78 Å². The molecule has 0 aromatic heterocycles. The fourth-order valence-corrected chi connectivity index (χ4v) is 4.31. The molecule has 1 unspecified atom stereocenters. The molecule has 10 heteroatoms. The van der Waals surface area contributed by atoms with E-state index in [1.54, 1.807) is 6.08 Å². The normalized spacial score (nSPS) is 16.2. The molecule has 27 heavy (non-hydrogen) atoms. The third-order valence-electron chi connectivity index (χ3n) is 3.71. The van der Waals surface area contributed by atoms with Crippen LogP contribution < -0.4 is 0 Å². The average Bonchev–Trinajstić information content (AvgIpc) is 2.50. The second kappa shape index (κ2) is 11.4. The topological polar surface area (TPSA) is 104 Å². The summed E-state index contributed by atoms with van der Waals surface area (Å²) in [6.07, 6.45) is 8.05. The van der Waals surface area contributed by atoms with Gasteiger partial charge in [-0.05, 0) is 53.4 Å². The lowest BCUT2D eigenvalue weighted by atomic mass is 10.1. The molecule has 0 heterocycles. The van der Waals surface area contributed by atoms with Crippen LogP contribution in [0.2, 0.25) is 0 Å². The highest BCUT2D eigenvalue weighted by molar-refractivity contribution is 7.74. The van der Waals surface area contributed by atoms with Gasteiger partial charge in [-0.1, -0.05) is 34.9 Å². The van der Waals surface area contributed by atoms with Crippen LogP contribution in [0.4, 0.5) is 8.78 Å². The highest BCUT2D eigenvalue weighted by Crippen LogP contribution is 2.72. The summed E-state index contributed by atoms with van der Waals surface area (Å²) in [4.78, 5) is 26.2. The molecule has 1 atom stereocenters. The van der Waals surface area contributed by atoms with Crippen LogP contribution in [-0.4, -0.2) is 33.0 Å². The summed E-state index contributed by atoms with van der Waals surface area (Å²) in [7, 11) is -11.5. The van der Waals surface area contributed by atoms with E-state index in [1.807, 2.05) is 6.92 Å². The van der Waals surface area contributed by atoms with Crippen LogP contribution in [0.15, 0.2) is 34.9 Å². The highest BCUT2D eigenvalue weighted by Gasteiger charge is 2.63. The molecule has 0 radical (unpaired) electrons. The first kappa shape index (κ1) is 26.4. The lowest BCUT2D eigenvalue weighted by Gasteiger charge is -2.22. The molecule has 0 aromatic carbocycles. The van der Waals surface area contributed by atoms with Gasteiger partial charge in [0, 0.05) is 0 Å². The van der Waals surface area contributed by atoms with E-state index >= 15 is 0 Å². The molecule has 0 saturated carbocycles. The minimum Gasteiger partial charge on any atom is -0.367 e. The Bertz CT molecular complexity index is 660. The van der Waals surface area contributed by atoms with E-state index in [1.165, 1.54) is 11.1 Å². The number of rotatable bonds is 12. The van der Waals surface area contributed by atoms with Gasteiger partial charge in [-0.15, -0.1) is 0 Å². The zero-order valence-corrected chi connectivity index (χ0v) is 18.0. The minimum absolute atomic E-state index is 0.198. The standard InChI is InChI=1S/C17H30F2O6P2/c1-14(2)7-5-8-15(3)9-6-10-16(4)11-12-25-13-26(20,21)17(18,19)27(22,23)24/h7,9,11H,5-6,8,10,12-13H2,1-4H3,(H,20,21)(H2,22,23,24). The number of allylic oxidation sites excluding steroid dienone is 5. The molecular formula is C17H30F2O6P2. The van der Waals surface area contributed by atoms with E-state index in [4.69, 9.17) is 14.5 Å². The van der Waals surface area contributed by atoms with Crippen molar-refractivity contribution in [3.63, 3.8) is 0 Å². The van der Waals surface area contributed by atoms with Crippen molar-refractivity contribution in [3.05, 3.63) is 34.9 Å². The lowest BCUT2D eigenvalue weighted by Crippen LogP contribution is -2.19. The highest BCUT2D eigenvalue weighted by atomic mass is 31.2. The lowest BCUT2D eigenvalue weighted by molar-refractivity contribution is 0.110. The Morgan fingerprint density at radius 2 is 1.41 bits per heavy atom. The van der Waals surface area contributed by atoms with Crippen LogP contribution in [0.5, 0.6) is 0 Å². The van der Waals surface area contributed by atoms with Gasteiger partial charge in [0.25, 0.3) is 0 Å². The molecule has 0 saturated heterocycles. The molecule has 0 bridgehead atoms.